The smallest absolute Gasteiger partial charge is 0.292 e. The molecular formula is C17H17N3O4. The Hall–Kier alpha value is -3.27. The fraction of sp³-hybridized carbons (Fsp3) is 0.235. The second-order valence-corrected chi connectivity index (χ2v) is 5.11. The maximum Gasteiger partial charge on any atom is 0.292 e. The predicted molar refractivity (Wildman–Crippen MR) is 89.5 cm³/mol. The summed E-state index contributed by atoms with van der Waals surface area (Å²) in [5.41, 5.74) is 1.53. The number of benzene rings is 2. The first-order valence-corrected chi connectivity index (χ1v) is 7.10. The minimum Gasteiger partial charge on any atom is -0.497 e. The first-order chi connectivity index (χ1) is 11.5. The van der Waals surface area contributed by atoms with Crippen LogP contribution in [0.2, 0.25) is 0 Å². The van der Waals surface area contributed by atoms with E-state index in [9.17, 15) is 10.1 Å². The molecule has 0 heterocycles. The van der Waals surface area contributed by atoms with Crippen molar-refractivity contribution in [2.45, 2.75) is 6.54 Å². The first kappa shape index (κ1) is 17.1. The van der Waals surface area contributed by atoms with Gasteiger partial charge in [-0.15, -0.1) is 0 Å². The lowest BCUT2D eigenvalue weighted by Crippen LogP contribution is -2.18. The van der Waals surface area contributed by atoms with Crippen LogP contribution in [0.4, 0.5) is 11.4 Å². The van der Waals surface area contributed by atoms with Gasteiger partial charge in [-0.05, 0) is 24.3 Å². The van der Waals surface area contributed by atoms with Gasteiger partial charge < -0.3 is 14.4 Å². The molecule has 2 aromatic carbocycles. The Kier molecular flexibility index (Phi) is 5.22. The number of hydrogen-bond donors (Lipinski definition) is 0. The third-order valence-corrected chi connectivity index (χ3v) is 3.61. The Balaban J connectivity index is 2.38. The van der Waals surface area contributed by atoms with Gasteiger partial charge in [-0.3, -0.25) is 10.1 Å². The highest BCUT2D eigenvalue weighted by atomic mass is 16.6. The molecule has 0 N–H and O–H groups in total. The summed E-state index contributed by atoms with van der Waals surface area (Å²) in [6.45, 7) is 0.378. The number of rotatable bonds is 6. The van der Waals surface area contributed by atoms with Crippen molar-refractivity contribution in [1.82, 2.24) is 0 Å². The zero-order valence-electron chi connectivity index (χ0n) is 13.6. The number of nitro benzene ring substituents is 1. The molecule has 0 aromatic heterocycles. The van der Waals surface area contributed by atoms with E-state index in [-0.39, 0.29) is 5.69 Å². The average molecular weight is 327 g/mol. The van der Waals surface area contributed by atoms with Crippen LogP contribution in [0.3, 0.4) is 0 Å². The van der Waals surface area contributed by atoms with E-state index < -0.39 is 4.92 Å². The summed E-state index contributed by atoms with van der Waals surface area (Å²) in [7, 11) is 4.85. The number of ether oxygens (including phenoxy) is 2. The van der Waals surface area contributed by atoms with Crippen molar-refractivity contribution in [3.8, 4) is 17.6 Å². The molecule has 2 rings (SSSR count). The van der Waals surface area contributed by atoms with E-state index in [0.717, 1.165) is 5.56 Å². The van der Waals surface area contributed by atoms with Gasteiger partial charge >= 0.3 is 0 Å². The molecule has 0 aliphatic rings. The van der Waals surface area contributed by atoms with Crippen LogP contribution in [-0.2, 0) is 6.54 Å². The van der Waals surface area contributed by atoms with Gasteiger partial charge in [-0.25, -0.2) is 0 Å². The third kappa shape index (κ3) is 3.55. The largest absolute Gasteiger partial charge is 0.497 e. The van der Waals surface area contributed by atoms with E-state index in [0.29, 0.717) is 29.3 Å². The highest BCUT2D eigenvalue weighted by Crippen LogP contribution is 2.32. The van der Waals surface area contributed by atoms with E-state index in [2.05, 4.69) is 0 Å². The highest BCUT2D eigenvalue weighted by molar-refractivity contribution is 5.66. The minimum atomic E-state index is -0.460. The standard InChI is InChI=1S/C17H17N3O4/c1-19(11-13-5-6-14(23-2)9-17(13)24-3)16-8-12(10-18)4-7-15(16)20(21)22/h4-9H,11H2,1-3H3. The molecule has 0 radical (unpaired) electrons. The van der Waals surface area contributed by atoms with Crippen LogP contribution in [0.15, 0.2) is 36.4 Å². The van der Waals surface area contributed by atoms with Crippen LogP contribution >= 0.6 is 0 Å². The van der Waals surface area contributed by atoms with Gasteiger partial charge in [0, 0.05) is 31.3 Å². The second kappa shape index (κ2) is 7.33. The molecule has 0 atom stereocenters. The maximum absolute atomic E-state index is 11.2. The molecule has 0 saturated heterocycles. The highest BCUT2D eigenvalue weighted by Gasteiger charge is 2.19. The molecule has 0 aliphatic heterocycles. The molecule has 0 spiro atoms. The third-order valence-electron chi connectivity index (χ3n) is 3.61. The summed E-state index contributed by atoms with van der Waals surface area (Å²) >= 11 is 0. The predicted octanol–water partition coefficient (Wildman–Crippen LogP) is 3.12. The Morgan fingerprint density at radius 3 is 2.54 bits per heavy atom. The summed E-state index contributed by atoms with van der Waals surface area (Å²) in [6.07, 6.45) is 0. The number of nitriles is 1. The molecule has 0 saturated carbocycles. The lowest BCUT2D eigenvalue weighted by Gasteiger charge is -2.21. The zero-order chi connectivity index (χ0) is 17.7. The summed E-state index contributed by atoms with van der Waals surface area (Å²) in [5, 5.41) is 20.3. The molecular weight excluding hydrogens is 310 g/mol. The number of anilines is 1. The van der Waals surface area contributed by atoms with E-state index in [4.69, 9.17) is 14.7 Å². The van der Waals surface area contributed by atoms with Gasteiger partial charge in [0.25, 0.3) is 5.69 Å². The van der Waals surface area contributed by atoms with Crippen LogP contribution in [-0.4, -0.2) is 26.2 Å². The van der Waals surface area contributed by atoms with Crippen LogP contribution in [0.25, 0.3) is 0 Å². The van der Waals surface area contributed by atoms with Crippen molar-refractivity contribution in [3.63, 3.8) is 0 Å². The van der Waals surface area contributed by atoms with Crippen molar-refractivity contribution in [3.05, 3.63) is 57.6 Å². The average Bonchev–Trinajstić information content (AvgIpc) is 2.61. The number of hydrogen-bond acceptors (Lipinski definition) is 6. The van der Waals surface area contributed by atoms with Gasteiger partial charge in [-0.1, -0.05) is 0 Å². The first-order valence-electron chi connectivity index (χ1n) is 7.10. The second-order valence-electron chi connectivity index (χ2n) is 5.11. The molecule has 0 unspecified atom stereocenters. The Labute approximate surface area is 139 Å². The minimum absolute atomic E-state index is 0.0519. The topological polar surface area (TPSA) is 88.6 Å². The van der Waals surface area contributed by atoms with E-state index in [1.165, 1.54) is 18.2 Å². The zero-order valence-corrected chi connectivity index (χ0v) is 13.6. The van der Waals surface area contributed by atoms with Crippen molar-refractivity contribution in [1.29, 1.82) is 5.26 Å². The molecule has 7 heteroatoms. The van der Waals surface area contributed by atoms with Crippen molar-refractivity contribution >= 4 is 11.4 Å². The molecule has 24 heavy (non-hydrogen) atoms. The normalized spacial score (nSPS) is 9.92. The lowest BCUT2D eigenvalue weighted by molar-refractivity contribution is -0.384. The SMILES string of the molecule is COc1ccc(CN(C)c2cc(C#N)ccc2[N+](=O)[O-])c(OC)c1. The number of methoxy groups -OCH3 is 2. The Bertz CT molecular complexity index is 799. The fourth-order valence-electron chi connectivity index (χ4n) is 2.38. The fourth-order valence-corrected chi connectivity index (χ4v) is 2.38. The van der Waals surface area contributed by atoms with Crippen molar-refractivity contribution < 1.29 is 14.4 Å². The molecule has 0 aliphatic carbocycles. The van der Waals surface area contributed by atoms with E-state index in [1.54, 1.807) is 38.3 Å². The van der Waals surface area contributed by atoms with Gasteiger partial charge in [0.2, 0.25) is 0 Å². The Morgan fingerprint density at radius 2 is 1.96 bits per heavy atom. The summed E-state index contributed by atoms with van der Waals surface area (Å²) in [4.78, 5) is 12.5. The Morgan fingerprint density at radius 1 is 1.21 bits per heavy atom. The van der Waals surface area contributed by atoms with Crippen LogP contribution in [0, 0.1) is 21.4 Å². The molecule has 124 valence electrons. The summed E-state index contributed by atoms with van der Waals surface area (Å²) < 4.78 is 10.5. The number of nitro groups is 1. The maximum atomic E-state index is 11.2. The number of nitrogens with zero attached hydrogens (tertiary/aromatic N) is 3. The molecule has 0 bridgehead atoms. The van der Waals surface area contributed by atoms with Crippen LogP contribution in [0.1, 0.15) is 11.1 Å². The monoisotopic (exact) mass is 327 g/mol. The lowest BCUT2D eigenvalue weighted by atomic mass is 10.1. The molecule has 0 amide bonds. The van der Waals surface area contributed by atoms with Crippen LogP contribution < -0.4 is 14.4 Å². The van der Waals surface area contributed by atoms with Gasteiger partial charge in [0.05, 0.1) is 30.8 Å². The molecule has 0 fully saturated rings. The molecule has 7 nitrogen and oxygen atoms in total. The summed E-state index contributed by atoms with van der Waals surface area (Å²) in [6, 6.07) is 11.7. The van der Waals surface area contributed by atoms with Crippen molar-refractivity contribution in [2.75, 3.05) is 26.2 Å². The van der Waals surface area contributed by atoms with Gasteiger partial charge in [0.15, 0.2) is 0 Å². The van der Waals surface area contributed by atoms with Gasteiger partial charge in [-0.2, -0.15) is 5.26 Å². The quantitative estimate of drug-likeness (QED) is 0.598. The van der Waals surface area contributed by atoms with Crippen molar-refractivity contribution in [2.24, 2.45) is 0 Å². The van der Waals surface area contributed by atoms with Crippen LogP contribution in [0.5, 0.6) is 11.5 Å². The van der Waals surface area contributed by atoms with E-state index in [1.807, 2.05) is 12.1 Å². The summed E-state index contributed by atoms with van der Waals surface area (Å²) in [5.74, 6) is 1.29. The molecule has 2 aromatic rings. The van der Waals surface area contributed by atoms with E-state index >= 15 is 0 Å². The van der Waals surface area contributed by atoms with Gasteiger partial charge in [0.1, 0.15) is 17.2 Å².